The van der Waals surface area contributed by atoms with E-state index in [1.165, 1.54) is 5.56 Å². The summed E-state index contributed by atoms with van der Waals surface area (Å²) >= 11 is 9.90. The van der Waals surface area contributed by atoms with Crippen LogP contribution in [0, 0.1) is 0 Å². The SMILES string of the molecule is CC(C)(C)OC(=O)N1C[C@H](N2CCCc3cc(Cl)cc(Br)c32)C[C@]1(C)CO. The summed E-state index contributed by atoms with van der Waals surface area (Å²) in [6.45, 7) is 8.86. The molecule has 1 saturated heterocycles. The maximum Gasteiger partial charge on any atom is 0.410 e. The first-order chi connectivity index (χ1) is 12.5. The van der Waals surface area contributed by atoms with E-state index in [-0.39, 0.29) is 18.7 Å². The second-order valence-electron chi connectivity index (χ2n) is 8.80. The first-order valence-electron chi connectivity index (χ1n) is 9.40. The number of halogens is 2. The summed E-state index contributed by atoms with van der Waals surface area (Å²) in [4.78, 5) is 16.8. The van der Waals surface area contributed by atoms with E-state index in [0.717, 1.165) is 34.6 Å². The molecule has 150 valence electrons. The van der Waals surface area contributed by atoms with Gasteiger partial charge >= 0.3 is 6.09 Å². The number of anilines is 1. The van der Waals surface area contributed by atoms with Crippen molar-refractivity contribution in [1.29, 1.82) is 0 Å². The van der Waals surface area contributed by atoms with Crippen LogP contribution in [-0.2, 0) is 11.2 Å². The zero-order valence-electron chi connectivity index (χ0n) is 16.4. The number of benzene rings is 1. The molecule has 3 rings (SSSR count). The van der Waals surface area contributed by atoms with Crippen molar-refractivity contribution >= 4 is 39.3 Å². The molecule has 2 aliphatic heterocycles. The van der Waals surface area contributed by atoms with Crippen LogP contribution in [0.5, 0.6) is 0 Å². The molecular weight excluding hydrogens is 432 g/mol. The largest absolute Gasteiger partial charge is 0.444 e. The molecule has 2 aliphatic rings. The Morgan fingerprint density at radius 2 is 2.15 bits per heavy atom. The lowest BCUT2D eigenvalue weighted by atomic mass is 9.95. The number of carbonyl (C=O) groups excluding carboxylic acids is 1. The number of hydrogen-bond acceptors (Lipinski definition) is 4. The quantitative estimate of drug-likeness (QED) is 0.701. The standard InChI is InChI=1S/C20H28BrClN2O3/c1-19(2,3)27-18(26)24-11-15(10-20(24,4)12-25)23-7-5-6-13-8-14(22)9-16(21)17(13)23/h8-9,15,25H,5-7,10-12H2,1-4H3/t15-,20-/m1/s1. The van der Waals surface area contributed by atoms with E-state index in [1.54, 1.807) is 4.90 Å². The number of aliphatic hydroxyl groups excluding tert-OH is 1. The van der Waals surface area contributed by atoms with Crippen LogP contribution < -0.4 is 4.90 Å². The van der Waals surface area contributed by atoms with Gasteiger partial charge < -0.3 is 14.7 Å². The van der Waals surface area contributed by atoms with Crippen LogP contribution in [0.25, 0.3) is 0 Å². The summed E-state index contributed by atoms with van der Waals surface area (Å²) in [7, 11) is 0. The third-order valence-electron chi connectivity index (χ3n) is 5.36. The Morgan fingerprint density at radius 1 is 1.44 bits per heavy atom. The minimum atomic E-state index is -0.635. The molecule has 0 radical (unpaired) electrons. The molecule has 2 atom stereocenters. The van der Waals surface area contributed by atoms with Crippen LogP contribution in [0.4, 0.5) is 10.5 Å². The maximum absolute atomic E-state index is 12.8. The first-order valence-corrected chi connectivity index (χ1v) is 10.6. The highest BCUT2D eigenvalue weighted by atomic mass is 79.9. The van der Waals surface area contributed by atoms with Crippen molar-refractivity contribution in [1.82, 2.24) is 4.90 Å². The van der Waals surface area contributed by atoms with Gasteiger partial charge in [0.15, 0.2) is 0 Å². The van der Waals surface area contributed by atoms with Gasteiger partial charge in [-0.25, -0.2) is 4.79 Å². The number of ether oxygens (including phenoxy) is 1. The highest BCUT2D eigenvalue weighted by Gasteiger charge is 2.48. The van der Waals surface area contributed by atoms with Crippen LogP contribution in [0.1, 0.15) is 46.1 Å². The zero-order valence-corrected chi connectivity index (χ0v) is 18.7. The van der Waals surface area contributed by atoms with Crippen LogP contribution >= 0.6 is 27.5 Å². The smallest absolute Gasteiger partial charge is 0.410 e. The normalized spacial score (nSPS) is 25.5. The summed E-state index contributed by atoms with van der Waals surface area (Å²) in [6, 6.07) is 4.07. The molecule has 0 aromatic heterocycles. The van der Waals surface area contributed by atoms with Crippen LogP contribution in [0.2, 0.25) is 5.02 Å². The van der Waals surface area contributed by atoms with Crippen molar-refractivity contribution < 1.29 is 14.6 Å². The molecular formula is C20H28BrClN2O3. The van der Waals surface area contributed by atoms with E-state index in [1.807, 2.05) is 39.8 Å². The second-order valence-corrected chi connectivity index (χ2v) is 10.1. The molecule has 2 heterocycles. The number of amides is 1. The van der Waals surface area contributed by atoms with Gasteiger partial charge in [-0.05, 0) is 80.6 Å². The maximum atomic E-state index is 12.8. The summed E-state index contributed by atoms with van der Waals surface area (Å²) in [6.07, 6.45) is 2.36. The van der Waals surface area contributed by atoms with Gasteiger partial charge in [0.05, 0.1) is 17.8 Å². The topological polar surface area (TPSA) is 53.0 Å². The Bertz CT molecular complexity index is 737. The Kier molecular flexibility index (Phi) is 5.72. The number of aryl methyl sites for hydroxylation is 1. The van der Waals surface area contributed by atoms with E-state index in [2.05, 4.69) is 20.8 Å². The molecule has 1 aromatic rings. The summed E-state index contributed by atoms with van der Waals surface area (Å²) < 4.78 is 6.57. The Hall–Kier alpha value is -0.980. The summed E-state index contributed by atoms with van der Waals surface area (Å²) in [5.41, 5.74) is 1.18. The minimum absolute atomic E-state index is 0.0920. The lowest BCUT2D eigenvalue weighted by Crippen LogP contribution is -2.49. The lowest BCUT2D eigenvalue weighted by molar-refractivity contribution is -0.0000871. The Labute approximate surface area is 174 Å². The molecule has 0 aliphatic carbocycles. The lowest BCUT2D eigenvalue weighted by Gasteiger charge is -2.37. The molecule has 0 bridgehead atoms. The Balaban J connectivity index is 1.89. The third kappa shape index (κ3) is 4.22. The van der Waals surface area contributed by atoms with Gasteiger partial charge in [0.1, 0.15) is 5.60 Å². The molecule has 0 saturated carbocycles. The van der Waals surface area contributed by atoms with Crippen LogP contribution in [0.15, 0.2) is 16.6 Å². The molecule has 1 aromatic carbocycles. The molecule has 7 heteroatoms. The predicted octanol–water partition coefficient (Wildman–Crippen LogP) is 4.62. The zero-order chi connectivity index (χ0) is 20.0. The fourth-order valence-electron chi connectivity index (χ4n) is 4.13. The minimum Gasteiger partial charge on any atom is -0.444 e. The van der Waals surface area contributed by atoms with Gasteiger partial charge in [0.2, 0.25) is 0 Å². The summed E-state index contributed by atoms with van der Waals surface area (Å²) in [5.74, 6) is 0. The van der Waals surface area contributed by atoms with Crippen molar-refractivity contribution in [3.05, 3.63) is 27.2 Å². The molecule has 1 N–H and O–H groups in total. The average Bonchev–Trinajstić information content (AvgIpc) is 2.91. The van der Waals surface area contributed by atoms with E-state index in [0.29, 0.717) is 13.0 Å². The second kappa shape index (κ2) is 7.45. The molecule has 1 amide bonds. The highest BCUT2D eigenvalue weighted by molar-refractivity contribution is 9.10. The predicted molar refractivity (Wildman–Crippen MR) is 112 cm³/mol. The van der Waals surface area contributed by atoms with Gasteiger partial charge in [-0.15, -0.1) is 0 Å². The Morgan fingerprint density at radius 3 is 2.78 bits per heavy atom. The van der Waals surface area contributed by atoms with Gasteiger partial charge in [0.25, 0.3) is 0 Å². The van der Waals surface area contributed by atoms with Crippen molar-refractivity contribution in [2.24, 2.45) is 0 Å². The van der Waals surface area contributed by atoms with Crippen LogP contribution in [0.3, 0.4) is 0 Å². The average molecular weight is 460 g/mol. The van der Waals surface area contributed by atoms with Gasteiger partial charge in [-0.2, -0.15) is 0 Å². The number of likely N-dealkylation sites (tertiary alicyclic amines) is 1. The first kappa shape index (κ1) is 20.7. The van der Waals surface area contributed by atoms with Crippen molar-refractivity contribution in [3.63, 3.8) is 0 Å². The third-order valence-corrected chi connectivity index (χ3v) is 6.18. The monoisotopic (exact) mass is 458 g/mol. The molecule has 0 spiro atoms. The van der Waals surface area contributed by atoms with Crippen molar-refractivity contribution in [2.45, 2.75) is 64.1 Å². The van der Waals surface area contributed by atoms with E-state index in [4.69, 9.17) is 16.3 Å². The highest BCUT2D eigenvalue weighted by Crippen LogP contribution is 2.42. The molecule has 27 heavy (non-hydrogen) atoms. The number of aliphatic hydroxyl groups is 1. The molecule has 1 fully saturated rings. The van der Waals surface area contributed by atoms with Gasteiger partial charge in [-0.1, -0.05) is 11.6 Å². The number of nitrogens with zero attached hydrogens (tertiary/aromatic N) is 2. The van der Waals surface area contributed by atoms with Crippen molar-refractivity contribution in [2.75, 3.05) is 24.6 Å². The van der Waals surface area contributed by atoms with Gasteiger partial charge in [0, 0.05) is 28.6 Å². The van der Waals surface area contributed by atoms with Crippen molar-refractivity contribution in [3.8, 4) is 0 Å². The van der Waals surface area contributed by atoms with E-state index < -0.39 is 11.1 Å². The van der Waals surface area contributed by atoms with E-state index in [9.17, 15) is 9.90 Å². The van der Waals surface area contributed by atoms with Crippen LogP contribution in [-0.4, -0.2) is 53.0 Å². The summed E-state index contributed by atoms with van der Waals surface area (Å²) in [5, 5.41) is 10.8. The number of rotatable bonds is 2. The number of carbonyl (C=O) groups is 1. The molecule has 5 nitrogen and oxygen atoms in total. The van der Waals surface area contributed by atoms with E-state index >= 15 is 0 Å². The number of hydrogen-bond donors (Lipinski definition) is 1. The van der Waals surface area contributed by atoms with Gasteiger partial charge in [-0.3, -0.25) is 4.90 Å². The fraction of sp³-hybridized carbons (Fsp3) is 0.650. The fourth-order valence-corrected chi connectivity index (χ4v) is 5.23. The number of fused-ring (bicyclic) bond motifs is 1. The molecule has 0 unspecified atom stereocenters.